The first-order chi connectivity index (χ1) is 2.41. The first-order valence-corrected chi connectivity index (χ1v) is 2.41. The van der Waals surface area contributed by atoms with Crippen molar-refractivity contribution in [2.24, 2.45) is 0 Å². The molecule has 0 aromatic heterocycles. The molecular formula is C2H9B3Cr. The molecule has 0 aromatic rings. The average molecular weight is 118 g/mol. The van der Waals surface area contributed by atoms with Gasteiger partial charge in [-0.25, -0.2) is 0 Å². The quantitative estimate of drug-likeness (QED) is 0.397. The SMILES string of the molecule is BBBCC.[Cr]. The Morgan fingerprint density at radius 2 is 2.17 bits per heavy atom. The zero-order chi connectivity index (χ0) is 4.12. The van der Waals surface area contributed by atoms with Gasteiger partial charge in [-0.05, 0) is 0 Å². The van der Waals surface area contributed by atoms with Gasteiger partial charge in [0.25, 0.3) is 0 Å². The summed E-state index contributed by atoms with van der Waals surface area (Å²) in [6.07, 6.45) is 1.34. The van der Waals surface area contributed by atoms with Crippen molar-refractivity contribution >= 4 is 22.0 Å². The second-order valence-corrected chi connectivity index (χ2v) is 1.35. The van der Waals surface area contributed by atoms with E-state index in [1.807, 2.05) is 0 Å². The largest absolute Gasteiger partial charge is 0.0881 e. The van der Waals surface area contributed by atoms with Gasteiger partial charge in [0.1, 0.15) is 0 Å². The van der Waals surface area contributed by atoms with Crippen molar-refractivity contribution in [3.8, 4) is 0 Å². The molecule has 4 heteroatoms. The van der Waals surface area contributed by atoms with Crippen LogP contribution in [-0.4, -0.2) is 22.0 Å². The van der Waals surface area contributed by atoms with Crippen molar-refractivity contribution in [1.82, 2.24) is 0 Å². The molecule has 6 heavy (non-hydrogen) atoms. The van der Waals surface area contributed by atoms with Crippen LogP contribution in [0.2, 0.25) is 6.32 Å². The molecule has 0 bridgehead atoms. The zero-order valence-electron chi connectivity index (χ0n) is 4.53. The van der Waals surface area contributed by atoms with E-state index in [2.05, 4.69) is 14.7 Å². The summed E-state index contributed by atoms with van der Waals surface area (Å²) in [6, 6.07) is 0. The predicted octanol–water partition coefficient (Wildman–Crippen LogP) is -1.24. The molecule has 0 fully saturated rings. The molecule has 0 N–H and O–H groups in total. The van der Waals surface area contributed by atoms with E-state index in [0.29, 0.717) is 0 Å². The van der Waals surface area contributed by atoms with E-state index in [-0.39, 0.29) is 17.4 Å². The number of hydrogen-bond acceptors (Lipinski definition) is 0. The van der Waals surface area contributed by atoms with Gasteiger partial charge in [-0.15, -0.1) is 0 Å². The minimum absolute atomic E-state index is 0. The maximum Gasteiger partial charge on any atom is 0.0776 e. The normalized spacial score (nSPS) is 5.50. The Bertz CT molecular complexity index is 16.3. The Morgan fingerprint density at radius 3 is 2.17 bits per heavy atom. The van der Waals surface area contributed by atoms with Gasteiger partial charge in [0.15, 0.2) is 0 Å². The molecule has 0 aliphatic heterocycles. The van der Waals surface area contributed by atoms with E-state index in [1.54, 1.807) is 0 Å². The Kier molecular flexibility index (Phi) is 15.2. The van der Waals surface area contributed by atoms with Gasteiger partial charge in [-0.2, -0.15) is 0 Å². The summed E-state index contributed by atoms with van der Waals surface area (Å²) in [5.74, 6) is 0. The van der Waals surface area contributed by atoms with Crippen molar-refractivity contribution in [3.63, 3.8) is 0 Å². The fraction of sp³-hybridized carbons (Fsp3) is 1.00. The average Bonchev–Trinajstić information content (AvgIpc) is 1.41. The first-order valence-electron chi connectivity index (χ1n) is 2.41. The van der Waals surface area contributed by atoms with Crippen LogP contribution in [0.3, 0.4) is 0 Å². The molecule has 0 unspecified atom stereocenters. The molecule has 0 saturated heterocycles. The van der Waals surface area contributed by atoms with Crippen molar-refractivity contribution in [2.75, 3.05) is 0 Å². The summed E-state index contributed by atoms with van der Waals surface area (Å²) < 4.78 is 0. The molecule has 32 valence electrons. The summed E-state index contributed by atoms with van der Waals surface area (Å²) in [6.45, 7) is 2.21. The molecule has 0 aliphatic carbocycles. The standard InChI is InChI=1S/C2H9B3.Cr/c1-2-4-5-3;/h4-5H,2-3H2,1H3;. The van der Waals surface area contributed by atoms with E-state index in [1.165, 1.54) is 20.6 Å². The third-order valence-corrected chi connectivity index (χ3v) is 0.707. The van der Waals surface area contributed by atoms with Crippen LogP contribution in [0.5, 0.6) is 0 Å². The molecule has 0 amide bonds. The van der Waals surface area contributed by atoms with Gasteiger partial charge in [0.2, 0.25) is 0 Å². The summed E-state index contributed by atoms with van der Waals surface area (Å²) in [4.78, 5) is 0. The molecule has 0 aliphatic rings. The van der Waals surface area contributed by atoms with Crippen LogP contribution in [0.4, 0.5) is 0 Å². The van der Waals surface area contributed by atoms with E-state index < -0.39 is 0 Å². The van der Waals surface area contributed by atoms with Gasteiger partial charge < -0.3 is 0 Å². The predicted molar refractivity (Wildman–Crippen MR) is 33.3 cm³/mol. The Balaban J connectivity index is 0. The van der Waals surface area contributed by atoms with Gasteiger partial charge >= 0.3 is 0 Å². The first kappa shape index (κ1) is 9.87. The molecule has 0 rings (SSSR count). The van der Waals surface area contributed by atoms with E-state index in [0.717, 1.165) is 0 Å². The molecule has 0 aromatic carbocycles. The summed E-state index contributed by atoms with van der Waals surface area (Å²) >= 11 is 0. The third kappa shape index (κ3) is 8.83. The summed E-state index contributed by atoms with van der Waals surface area (Å²) in [5.41, 5.74) is 0. The maximum atomic E-state index is 2.21. The van der Waals surface area contributed by atoms with Crippen LogP contribution >= 0.6 is 0 Å². The number of hydrogen-bond donors (Lipinski definition) is 0. The van der Waals surface area contributed by atoms with Gasteiger partial charge in [0, 0.05) is 17.4 Å². The molecule has 0 spiro atoms. The van der Waals surface area contributed by atoms with Crippen LogP contribution in [0.15, 0.2) is 0 Å². The zero-order valence-corrected chi connectivity index (χ0v) is 5.80. The molecule has 0 heterocycles. The van der Waals surface area contributed by atoms with E-state index >= 15 is 0 Å². The monoisotopic (exact) mass is 118 g/mol. The fourth-order valence-electron chi connectivity index (χ4n) is 0.354. The van der Waals surface area contributed by atoms with Crippen molar-refractivity contribution in [2.45, 2.75) is 13.2 Å². The molecule has 0 atom stereocenters. The Morgan fingerprint density at radius 1 is 1.67 bits per heavy atom. The summed E-state index contributed by atoms with van der Waals surface area (Å²) in [5, 5.41) is 0. The van der Waals surface area contributed by atoms with Gasteiger partial charge in [0.05, 0.1) is 22.0 Å². The smallest absolute Gasteiger partial charge is 0.0776 e. The maximum absolute atomic E-state index is 2.21. The van der Waals surface area contributed by atoms with Crippen molar-refractivity contribution < 1.29 is 17.4 Å². The van der Waals surface area contributed by atoms with Gasteiger partial charge in [-0.1, -0.05) is 13.2 Å². The van der Waals surface area contributed by atoms with Gasteiger partial charge in [-0.3, -0.25) is 0 Å². The van der Waals surface area contributed by atoms with E-state index in [4.69, 9.17) is 0 Å². The minimum atomic E-state index is 0. The molecule has 0 saturated carbocycles. The van der Waals surface area contributed by atoms with Crippen LogP contribution in [0, 0.1) is 0 Å². The van der Waals surface area contributed by atoms with Crippen LogP contribution in [0.25, 0.3) is 0 Å². The molecule has 0 radical (unpaired) electrons. The van der Waals surface area contributed by atoms with Crippen LogP contribution < -0.4 is 0 Å². The molecular weight excluding hydrogens is 108 g/mol. The number of rotatable bonds is 2. The Labute approximate surface area is 53.1 Å². The second-order valence-electron chi connectivity index (χ2n) is 1.35. The summed E-state index contributed by atoms with van der Waals surface area (Å²) in [7, 11) is 4.94. The van der Waals surface area contributed by atoms with Crippen LogP contribution in [0.1, 0.15) is 6.92 Å². The Hall–Kier alpha value is 0.727. The second kappa shape index (κ2) is 9.21. The fourth-order valence-corrected chi connectivity index (χ4v) is 0.354. The van der Waals surface area contributed by atoms with E-state index in [9.17, 15) is 0 Å². The minimum Gasteiger partial charge on any atom is -0.0881 e. The third-order valence-electron chi connectivity index (χ3n) is 0.707. The van der Waals surface area contributed by atoms with Crippen molar-refractivity contribution in [1.29, 1.82) is 0 Å². The van der Waals surface area contributed by atoms with Crippen LogP contribution in [-0.2, 0) is 17.4 Å². The van der Waals surface area contributed by atoms with Crippen molar-refractivity contribution in [3.05, 3.63) is 0 Å². The molecule has 0 nitrogen and oxygen atoms in total. The topological polar surface area (TPSA) is 0 Å².